The summed E-state index contributed by atoms with van der Waals surface area (Å²) in [5.41, 5.74) is 1.78. The Kier molecular flexibility index (Phi) is 9.48. The van der Waals surface area contributed by atoms with Crippen LogP contribution in [0.15, 0.2) is 42.0 Å². The number of allylic oxidation sites excluding steroid dienone is 2. The lowest BCUT2D eigenvalue weighted by molar-refractivity contribution is -0.159. The molecule has 0 N–H and O–H groups in total. The molecule has 0 aliphatic carbocycles. The Morgan fingerprint density at radius 3 is 2.23 bits per heavy atom. The first-order chi connectivity index (χ1) is 10.4. The van der Waals surface area contributed by atoms with Gasteiger partial charge in [-0.3, -0.25) is 4.79 Å². The molecule has 0 fully saturated rings. The summed E-state index contributed by atoms with van der Waals surface area (Å²) in [7, 11) is 0. The molecule has 1 aromatic carbocycles. The van der Waals surface area contributed by atoms with Crippen molar-refractivity contribution >= 4 is 5.97 Å². The third-order valence-electron chi connectivity index (χ3n) is 4.09. The number of esters is 1. The number of carbonyl (C=O) groups is 1. The maximum atomic E-state index is 12.5. The lowest BCUT2D eigenvalue weighted by atomic mass is 9.74. The Hall–Kier alpha value is -1.57. The quantitative estimate of drug-likeness (QED) is 0.492. The maximum Gasteiger partial charge on any atom is 0.312 e. The minimum atomic E-state index is -0.467. The van der Waals surface area contributed by atoms with E-state index in [1.54, 1.807) is 0 Å². The third kappa shape index (κ3) is 6.05. The molecule has 0 spiro atoms. The van der Waals surface area contributed by atoms with Crippen LogP contribution in [0.4, 0.5) is 0 Å². The van der Waals surface area contributed by atoms with E-state index in [0.29, 0.717) is 6.61 Å². The van der Waals surface area contributed by atoms with Crippen molar-refractivity contribution in [1.82, 2.24) is 0 Å². The van der Waals surface area contributed by atoms with Gasteiger partial charge in [-0.15, -0.1) is 0 Å². The molecule has 0 radical (unpaired) electrons. The van der Waals surface area contributed by atoms with Crippen LogP contribution in [0, 0.1) is 11.3 Å². The van der Waals surface area contributed by atoms with Gasteiger partial charge in [-0.25, -0.2) is 0 Å². The zero-order valence-corrected chi connectivity index (χ0v) is 15.3. The summed E-state index contributed by atoms with van der Waals surface area (Å²) in [6.45, 7) is 14.6. The maximum absolute atomic E-state index is 12.5. The van der Waals surface area contributed by atoms with Crippen LogP contribution in [-0.2, 0) is 16.1 Å². The van der Waals surface area contributed by atoms with E-state index in [4.69, 9.17) is 4.74 Å². The van der Waals surface area contributed by atoms with E-state index in [1.807, 2.05) is 58.0 Å². The molecule has 0 bridgehead atoms. The Morgan fingerprint density at radius 1 is 1.23 bits per heavy atom. The summed E-state index contributed by atoms with van der Waals surface area (Å²) < 4.78 is 5.53. The highest BCUT2D eigenvalue weighted by Gasteiger charge is 2.38. The van der Waals surface area contributed by atoms with Crippen molar-refractivity contribution in [2.75, 3.05) is 0 Å². The van der Waals surface area contributed by atoms with E-state index in [-0.39, 0.29) is 11.9 Å². The molecule has 0 aliphatic heterocycles. The van der Waals surface area contributed by atoms with E-state index in [0.717, 1.165) is 12.0 Å². The van der Waals surface area contributed by atoms with Crippen LogP contribution in [0.2, 0.25) is 0 Å². The average molecular weight is 304 g/mol. The summed E-state index contributed by atoms with van der Waals surface area (Å²) in [6.07, 6.45) is 2.81. The molecule has 22 heavy (non-hydrogen) atoms. The highest BCUT2D eigenvalue weighted by Crippen LogP contribution is 2.35. The summed E-state index contributed by atoms with van der Waals surface area (Å²) >= 11 is 0. The first kappa shape index (κ1) is 20.4. The molecule has 0 heterocycles. The van der Waals surface area contributed by atoms with E-state index >= 15 is 0 Å². The fourth-order valence-electron chi connectivity index (χ4n) is 2.08. The van der Waals surface area contributed by atoms with Crippen molar-refractivity contribution in [2.45, 2.75) is 61.5 Å². The predicted molar refractivity (Wildman–Crippen MR) is 94.6 cm³/mol. The number of carbonyl (C=O) groups excluding carboxylic acids is 1. The van der Waals surface area contributed by atoms with Crippen LogP contribution in [0.3, 0.4) is 0 Å². The molecule has 2 nitrogen and oxygen atoms in total. The molecule has 1 unspecified atom stereocenters. The Labute approximate surface area is 136 Å². The normalized spacial score (nSPS) is 13.9. The van der Waals surface area contributed by atoms with Gasteiger partial charge in [0.25, 0.3) is 0 Å². The number of ether oxygens (including phenoxy) is 1. The van der Waals surface area contributed by atoms with E-state index in [1.165, 1.54) is 5.57 Å². The van der Waals surface area contributed by atoms with Gasteiger partial charge in [-0.1, -0.05) is 69.7 Å². The number of hydrogen-bond acceptors (Lipinski definition) is 2. The largest absolute Gasteiger partial charge is 0.460 e. The molecular formula is C20H32O2. The molecule has 1 aromatic rings. The Bertz CT molecular complexity index is 460. The standard InChI is InChI=1S/C18H26O2.C2H6/c1-6-15(4)12-18(5,14(2)3)17(19)20-13-16-10-8-7-9-11-16;1-2/h6-11,14H,12-13H2,1-5H3;1-2H3/b15-6+;. The molecule has 0 aliphatic rings. The van der Waals surface area contributed by atoms with Crippen molar-refractivity contribution in [3.8, 4) is 0 Å². The Balaban J connectivity index is 0.00000211. The second-order valence-electron chi connectivity index (χ2n) is 5.95. The van der Waals surface area contributed by atoms with Crippen molar-refractivity contribution in [1.29, 1.82) is 0 Å². The summed E-state index contributed by atoms with van der Waals surface area (Å²) in [5.74, 6) is 0.123. The zero-order valence-electron chi connectivity index (χ0n) is 15.3. The van der Waals surface area contributed by atoms with E-state index in [9.17, 15) is 4.79 Å². The lowest BCUT2D eigenvalue weighted by Crippen LogP contribution is -2.35. The van der Waals surface area contributed by atoms with Crippen LogP contribution >= 0.6 is 0 Å². The van der Waals surface area contributed by atoms with Crippen molar-refractivity contribution in [2.24, 2.45) is 11.3 Å². The zero-order chi connectivity index (χ0) is 17.2. The third-order valence-corrected chi connectivity index (χ3v) is 4.09. The van der Waals surface area contributed by atoms with Gasteiger partial charge in [0.05, 0.1) is 5.41 Å². The van der Waals surface area contributed by atoms with Gasteiger partial charge in [-0.2, -0.15) is 0 Å². The molecule has 0 saturated carbocycles. The van der Waals surface area contributed by atoms with Gasteiger partial charge in [0.1, 0.15) is 6.61 Å². The molecule has 1 atom stereocenters. The van der Waals surface area contributed by atoms with Gasteiger partial charge in [-0.05, 0) is 38.7 Å². The first-order valence-electron chi connectivity index (χ1n) is 8.23. The molecule has 0 saturated heterocycles. The fourth-order valence-corrected chi connectivity index (χ4v) is 2.08. The van der Waals surface area contributed by atoms with Gasteiger partial charge < -0.3 is 4.74 Å². The van der Waals surface area contributed by atoms with Crippen LogP contribution in [0.5, 0.6) is 0 Å². The molecule has 0 aromatic heterocycles. The number of rotatable bonds is 6. The molecular weight excluding hydrogens is 272 g/mol. The topological polar surface area (TPSA) is 26.3 Å². The lowest BCUT2D eigenvalue weighted by Gasteiger charge is -2.31. The molecule has 1 rings (SSSR count). The molecule has 2 heteroatoms. The molecule has 124 valence electrons. The second-order valence-corrected chi connectivity index (χ2v) is 5.95. The van der Waals surface area contributed by atoms with Crippen LogP contribution in [0.25, 0.3) is 0 Å². The van der Waals surface area contributed by atoms with E-state index in [2.05, 4.69) is 26.8 Å². The summed E-state index contributed by atoms with van der Waals surface area (Å²) in [4.78, 5) is 12.5. The van der Waals surface area contributed by atoms with Crippen LogP contribution in [-0.4, -0.2) is 5.97 Å². The smallest absolute Gasteiger partial charge is 0.312 e. The summed E-state index contributed by atoms with van der Waals surface area (Å²) in [5, 5.41) is 0. The minimum absolute atomic E-state index is 0.113. The van der Waals surface area contributed by atoms with Crippen molar-refractivity contribution < 1.29 is 9.53 Å². The molecule has 0 amide bonds. The van der Waals surface area contributed by atoms with Crippen LogP contribution < -0.4 is 0 Å². The van der Waals surface area contributed by atoms with Crippen molar-refractivity contribution in [3.05, 3.63) is 47.5 Å². The van der Waals surface area contributed by atoms with Crippen molar-refractivity contribution in [3.63, 3.8) is 0 Å². The van der Waals surface area contributed by atoms with Gasteiger partial charge in [0, 0.05) is 0 Å². The minimum Gasteiger partial charge on any atom is -0.460 e. The highest BCUT2D eigenvalue weighted by molar-refractivity contribution is 5.77. The van der Waals surface area contributed by atoms with Gasteiger partial charge in [0.2, 0.25) is 0 Å². The first-order valence-corrected chi connectivity index (χ1v) is 8.23. The highest BCUT2D eigenvalue weighted by atomic mass is 16.5. The fraction of sp³-hybridized carbons (Fsp3) is 0.550. The summed E-state index contributed by atoms with van der Waals surface area (Å²) in [6, 6.07) is 9.80. The number of hydrogen-bond donors (Lipinski definition) is 0. The predicted octanol–water partition coefficient (Wildman–Crippen LogP) is 5.77. The second kappa shape index (κ2) is 10.2. The monoisotopic (exact) mass is 304 g/mol. The SMILES string of the molecule is C/C=C(\C)CC(C)(C(=O)OCc1ccccc1)C(C)C.CC. The van der Waals surface area contributed by atoms with Gasteiger partial charge in [0.15, 0.2) is 0 Å². The van der Waals surface area contributed by atoms with E-state index < -0.39 is 5.41 Å². The number of benzene rings is 1. The van der Waals surface area contributed by atoms with Gasteiger partial charge >= 0.3 is 5.97 Å². The average Bonchev–Trinajstić information content (AvgIpc) is 2.54. The van der Waals surface area contributed by atoms with Crippen LogP contribution in [0.1, 0.15) is 60.5 Å². The Morgan fingerprint density at radius 2 is 1.77 bits per heavy atom.